The number of aromatic nitrogens is 2. The number of fused-ring (bicyclic) bond motifs is 1. The zero-order valence-corrected chi connectivity index (χ0v) is 15.0. The molecule has 27 heavy (non-hydrogen) atoms. The molecule has 2 N–H and O–H groups in total. The predicted molar refractivity (Wildman–Crippen MR) is 112 cm³/mol. The van der Waals surface area contributed by atoms with Gasteiger partial charge >= 0.3 is 0 Å². The highest BCUT2D eigenvalue weighted by Crippen LogP contribution is 2.29. The van der Waals surface area contributed by atoms with E-state index in [1.54, 1.807) is 12.1 Å². The Kier molecular flexibility index (Phi) is 4.30. The molecule has 0 bridgehead atoms. The Balaban J connectivity index is 1.70. The number of benzene rings is 2. The summed E-state index contributed by atoms with van der Waals surface area (Å²) in [6.07, 6.45) is 3.70. The molecule has 2 aromatic heterocycles. The van der Waals surface area contributed by atoms with E-state index in [0.29, 0.717) is 11.6 Å². The fourth-order valence-electron chi connectivity index (χ4n) is 3.11. The number of anilines is 2. The Morgan fingerprint density at radius 2 is 1.93 bits per heavy atom. The number of aromatic amines is 1. The van der Waals surface area contributed by atoms with Gasteiger partial charge in [0.1, 0.15) is 11.6 Å². The maximum atomic E-state index is 11.4. The molecule has 0 aliphatic heterocycles. The van der Waals surface area contributed by atoms with Crippen LogP contribution < -0.4 is 10.9 Å². The Morgan fingerprint density at radius 3 is 2.74 bits per heavy atom. The first kappa shape index (κ1) is 16.8. The summed E-state index contributed by atoms with van der Waals surface area (Å²) in [5.74, 6) is 1.30. The molecule has 0 spiro atoms. The highest BCUT2D eigenvalue weighted by atomic mass is 16.1. The number of nitrogens with one attached hydrogen (secondary N) is 2. The molecule has 4 rings (SSSR count). The summed E-state index contributed by atoms with van der Waals surface area (Å²) < 4.78 is 0. The molecular formula is C23H19N3O. The maximum Gasteiger partial charge on any atom is 0.249 e. The lowest BCUT2D eigenvalue weighted by Crippen LogP contribution is -2.06. The molecule has 0 aliphatic rings. The third-order valence-corrected chi connectivity index (χ3v) is 4.56. The van der Waals surface area contributed by atoms with Crippen molar-refractivity contribution in [2.45, 2.75) is 6.92 Å². The molecule has 2 aromatic carbocycles. The highest BCUT2D eigenvalue weighted by Gasteiger charge is 2.06. The minimum atomic E-state index is -0.150. The highest BCUT2D eigenvalue weighted by molar-refractivity contribution is 5.89. The van der Waals surface area contributed by atoms with Gasteiger partial charge in [-0.25, -0.2) is 4.98 Å². The van der Waals surface area contributed by atoms with Gasteiger partial charge in [0.2, 0.25) is 5.56 Å². The summed E-state index contributed by atoms with van der Waals surface area (Å²) in [7, 11) is 0. The van der Waals surface area contributed by atoms with Crippen molar-refractivity contribution in [2.24, 2.45) is 0 Å². The van der Waals surface area contributed by atoms with E-state index in [-0.39, 0.29) is 5.56 Å². The molecule has 2 heterocycles. The van der Waals surface area contributed by atoms with Gasteiger partial charge in [-0.15, -0.1) is 0 Å². The maximum absolute atomic E-state index is 11.4. The van der Waals surface area contributed by atoms with E-state index in [9.17, 15) is 4.79 Å². The zero-order valence-electron chi connectivity index (χ0n) is 15.0. The van der Waals surface area contributed by atoms with E-state index >= 15 is 0 Å². The SMILES string of the molecule is C=Cc1ccc(C)c(-c2ccc3cc(Nc4cccc(=O)[nH]4)ncc3c2)c1. The molecule has 0 fully saturated rings. The van der Waals surface area contributed by atoms with Crippen molar-refractivity contribution < 1.29 is 0 Å². The smallest absolute Gasteiger partial charge is 0.249 e. The largest absolute Gasteiger partial charge is 0.326 e. The normalized spacial score (nSPS) is 10.7. The summed E-state index contributed by atoms with van der Waals surface area (Å²) in [5.41, 5.74) is 4.52. The van der Waals surface area contributed by atoms with Gasteiger partial charge in [0.15, 0.2) is 0 Å². The Labute approximate surface area is 157 Å². The van der Waals surface area contributed by atoms with Gasteiger partial charge in [-0.1, -0.05) is 43.0 Å². The average Bonchev–Trinajstić information content (AvgIpc) is 2.68. The van der Waals surface area contributed by atoms with E-state index in [0.717, 1.165) is 21.9 Å². The van der Waals surface area contributed by atoms with Gasteiger partial charge in [-0.2, -0.15) is 0 Å². The molecular weight excluding hydrogens is 334 g/mol. The number of pyridine rings is 2. The van der Waals surface area contributed by atoms with Crippen molar-refractivity contribution in [1.29, 1.82) is 0 Å². The van der Waals surface area contributed by atoms with Gasteiger partial charge in [0.25, 0.3) is 0 Å². The topological polar surface area (TPSA) is 57.8 Å². The molecule has 4 nitrogen and oxygen atoms in total. The van der Waals surface area contributed by atoms with Gasteiger partial charge in [0.05, 0.1) is 0 Å². The molecule has 4 heteroatoms. The first-order chi connectivity index (χ1) is 13.1. The number of hydrogen-bond acceptors (Lipinski definition) is 3. The minimum Gasteiger partial charge on any atom is -0.326 e. The van der Waals surface area contributed by atoms with Crippen LogP contribution in [0.3, 0.4) is 0 Å². The van der Waals surface area contributed by atoms with Crippen molar-refractivity contribution in [3.8, 4) is 11.1 Å². The van der Waals surface area contributed by atoms with Gasteiger partial charge in [-0.3, -0.25) is 4.79 Å². The van der Waals surface area contributed by atoms with Crippen molar-refractivity contribution in [3.05, 3.63) is 94.9 Å². The van der Waals surface area contributed by atoms with Crippen LogP contribution in [0.1, 0.15) is 11.1 Å². The molecule has 0 atom stereocenters. The van der Waals surface area contributed by atoms with E-state index in [1.165, 1.54) is 17.2 Å². The quantitative estimate of drug-likeness (QED) is 0.524. The van der Waals surface area contributed by atoms with Crippen LogP contribution in [0.25, 0.3) is 28.0 Å². The van der Waals surface area contributed by atoms with Crippen molar-refractivity contribution >= 4 is 28.5 Å². The predicted octanol–water partition coefficient (Wildman–Crippen LogP) is 5.29. The molecule has 132 valence electrons. The molecule has 0 unspecified atom stereocenters. The first-order valence-corrected chi connectivity index (χ1v) is 8.72. The second kappa shape index (κ2) is 6.92. The van der Waals surface area contributed by atoms with Gasteiger partial charge in [0, 0.05) is 17.6 Å². The summed E-state index contributed by atoms with van der Waals surface area (Å²) in [4.78, 5) is 18.6. The second-order valence-electron chi connectivity index (χ2n) is 6.46. The van der Waals surface area contributed by atoms with E-state index in [4.69, 9.17) is 0 Å². The van der Waals surface area contributed by atoms with Crippen LogP contribution >= 0.6 is 0 Å². The fourth-order valence-corrected chi connectivity index (χ4v) is 3.11. The second-order valence-corrected chi connectivity index (χ2v) is 6.46. The standard InChI is InChI=1S/C23H19N3O/c1-3-16-8-7-15(2)20(11-16)18-10-9-17-13-22(24-14-19(17)12-18)25-21-5-4-6-23(27)26-21/h3-14H,1H2,2H3,(H2,24,25,26,27). The van der Waals surface area contributed by atoms with Crippen LogP contribution in [0.5, 0.6) is 0 Å². The molecule has 0 radical (unpaired) electrons. The van der Waals surface area contributed by atoms with Crippen LogP contribution in [0.15, 0.2) is 78.2 Å². The third-order valence-electron chi connectivity index (χ3n) is 4.56. The zero-order chi connectivity index (χ0) is 18.8. The first-order valence-electron chi connectivity index (χ1n) is 8.72. The summed E-state index contributed by atoms with van der Waals surface area (Å²) in [6, 6.07) is 19.6. The lowest BCUT2D eigenvalue weighted by Gasteiger charge is -2.10. The monoisotopic (exact) mass is 353 g/mol. The molecule has 0 aliphatic carbocycles. The van der Waals surface area contributed by atoms with Gasteiger partial charge < -0.3 is 10.3 Å². The van der Waals surface area contributed by atoms with Crippen LogP contribution in [0.4, 0.5) is 11.6 Å². The van der Waals surface area contributed by atoms with Crippen molar-refractivity contribution in [3.63, 3.8) is 0 Å². The fraction of sp³-hybridized carbons (Fsp3) is 0.0435. The summed E-state index contributed by atoms with van der Waals surface area (Å²) >= 11 is 0. The number of aryl methyl sites for hydroxylation is 1. The Morgan fingerprint density at radius 1 is 1.04 bits per heavy atom. The van der Waals surface area contributed by atoms with Crippen LogP contribution in [0.2, 0.25) is 0 Å². The van der Waals surface area contributed by atoms with Crippen LogP contribution in [-0.2, 0) is 0 Å². The Bertz CT molecular complexity index is 1210. The number of H-pyrrole nitrogens is 1. The van der Waals surface area contributed by atoms with Crippen molar-refractivity contribution in [2.75, 3.05) is 5.32 Å². The number of rotatable bonds is 4. The number of hydrogen-bond donors (Lipinski definition) is 2. The lowest BCUT2D eigenvalue weighted by molar-refractivity contribution is 1.21. The van der Waals surface area contributed by atoms with Crippen LogP contribution in [-0.4, -0.2) is 9.97 Å². The third kappa shape index (κ3) is 3.51. The lowest BCUT2D eigenvalue weighted by atomic mass is 9.96. The van der Waals surface area contributed by atoms with Gasteiger partial charge in [-0.05, 0) is 58.8 Å². The number of nitrogens with zero attached hydrogens (tertiary/aromatic N) is 1. The molecule has 0 saturated carbocycles. The minimum absolute atomic E-state index is 0.150. The van der Waals surface area contributed by atoms with Crippen molar-refractivity contribution in [1.82, 2.24) is 9.97 Å². The Hall–Kier alpha value is -3.66. The van der Waals surface area contributed by atoms with E-state index in [1.807, 2.05) is 18.3 Å². The molecule has 4 aromatic rings. The average molecular weight is 353 g/mol. The van der Waals surface area contributed by atoms with E-state index < -0.39 is 0 Å². The summed E-state index contributed by atoms with van der Waals surface area (Å²) in [6.45, 7) is 5.97. The molecule has 0 amide bonds. The summed E-state index contributed by atoms with van der Waals surface area (Å²) in [5, 5.41) is 5.26. The van der Waals surface area contributed by atoms with Crippen LogP contribution in [0, 0.1) is 6.92 Å². The molecule has 0 saturated heterocycles. The van der Waals surface area contributed by atoms with E-state index in [2.05, 4.69) is 65.2 Å².